The highest BCUT2D eigenvalue weighted by Gasteiger charge is 2.32. The number of anilines is 1. The van der Waals surface area contributed by atoms with Gasteiger partial charge in [0.1, 0.15) is 19.3 Å². The fourth-order valence-electron chi connectivity index (χ4n) is 2.23. The molecule has 1 saturated heterocycles. The van der Waals surface area contributed by atoms with Crippen LogP contribution in [0.5, 0.6) is 11.5 Å². The average molecular weight is 265 g/mol. The maximum absolute atomic E-state index is 11.8. The van der Waals surface area contributed by atoms with E-state index in [1.165, 1.54) is 0 Å². The molecule has 102 valence electrons. The van der Waals surface area contributed by atoms with E-state index < -0.39 is 6.09 Å². The van der Waals surface area contributed by atoms with E-state index in [1.54, 1.807) is 23.1 Å². The third-order valence-corrected chi connectivity index (χ3v) is 3.16. The molecule has 2 aliphatic rings. The molecule has 1 aromatic rings. The van der Waals surface area contributed by atoms with Gasteiger partial charge in [0.05, 0.1) is 12.2 Å². The normalized spacial score (nSPS) is 21.4. The number of nitrogens with zero attached hydrogens (tertiary/aromatic N) is 1. The van der Waals surface area contributed by atoms with Crippen LogP contribution in [0.4, 0.5) is 10.5 Å². The molecule has 0 radical (unpaired) electrons. The summed E-state index contributed by atoms with van der Waals surface area (Å²) in [6, 6.07) is 5.36. The third-order valence-electron chi connectivity index (χ3n) is 3.16. The number of carbonyl (C=O) groups is 1. The largest absolute Gasteiger partial charge is 0.486 e. The zero-order chi connectivity index (χ0) is 13.2. The lowest BCUT2D eigenvalue weighted by atomic mass is 10.2. The molecule has 2 aliphatic heterocycles. The molecule has 0 aliphatic carbocycles. The molecule has 0 unspecified atom stereocenters. The predicted molar refractivity (Wildman–Crippen MR) is 66.7 cm³/mol. The van der Waals surface area contributed by atoms with Gasteiger partial charge in [0.2, 0.25) is 0 Å². The van der Waals surface area contributed by atoms with Gasteiger partial charge in [0.15, 0.2) is 11.5 Å². The number of aliphatic hydroxyl groups is 1. The highest BCUT2D eigenvalue weighted by Crippen LogP contribution is 2.35. The van der Waals surface area contributed by atoms with Crippen molar-refractivity contribution in [3.05, 3.63) is 18.2 Å². The number of benzene rings is 1. The van der Waals surface area contributed by atoms with Crippen LogP contribution in [-0.2, 0) is 4.74 Å². The van der Waals surface area contributed by atoms with Crippen molar-refractivity contribution < 1.29 is 24.1 Å². The van der Waals surface area contributed by atoms with Crippen LogP contribution < -0.4 is 14.4 Å². The van der Waals surface area contributed by atoms with Crippen LogP contribution in [0, 0.1) is 0 Å². The van der Waals surface area contributed by atoms with E-state index in [1.807, 2.05) is 0 Å². The Morgan fingerprint density at radius 2 is 2.05 bits per heavy atom. The molecule has 1 fully saturated rings. The van der Waals surface area contributed by atoms with Crippen molar-refractivity contribution in [1.29, 1.82) is 0 Å². The van der Waals surface area contributed by atoms with E-state index in [0.29, 0.717) is 37.7 Å². The van der Waals surface area contributed by atoms with Gasteiger partial charge < -0.3 is 19.3 Å². The minimum absolute atomic E-state index is 0.00687. The molecule has 6 nitrogen and oxygen atoms in total. The van der Waals surface area contributed by atoms with E-state index in [-0.39, 0.29) is 12.7 Å². The Morgan fingerprint density at radius 3 is 2.84 bits per heavy atom. The number of aliphatic hydroxyl groups excluding tert-OH is 1. The number of carbonyl (C=O) groups excluding carboxylic acids is 1. The van der Waals surface area contributed by atoms with Crippen LogP contribution in [0.2, 0.25) is 0 Å². The van der Waals surface area contributed by atoms with E-state index in [0.717, 1.165) is 5.69 Å². The second-order valence-corrected chi connectivity index (χ2v) is 4.46. The summed E-state index contributed by atoms with van der Waals surface area (Å²) >= 11 is 0. The summed E-state index contributed by atoms with van der Waals surface area (Å²) in [5, 5.41) is 8.88. The second-order valence-electron chi connectivity index (χ2n) is 4.46. The molecule has 0 spiro atoms. The Kier molecular flexibility index (Phi) is 3.16. The lowest BCUT2D eigenvalue weighted by Gasteiger charge is -2.20. The lowest BCUT2D eigenvalue weighted by molar-refractivity contribution is 0.122. The fraction of sp³-hybridized carbons (Fsp3) is 0.462. The monoisotopic (exact) mass is 265 g/mol. The maximum atomic E-state index is 11.8. The smallest absolute Gasteiger partial charge is 0.414 e. The first-order valence-electron chi connectivity index (χ1n) is 6.26. The quantitative estimate of drug-likeness (QED) is 0.888. The molecule has 0 saturated carbocycles. The highest BCUT2D eigenvalue weighted by atomic mass is 16.6. The number of hydrogen-bond donors (Lipinski definition) is 1. The summed E-state index contributed by atoms with van der Waals surface area (Å²) in [5.41, 5.74) is 0.717. The topological polar surface area (TPSA) is 68.2 Å². The number of ether oxygens (including phenoxy) is 3. The number of cyclic esters (lactones) is 1. The van der Waals surface area contributed by atoms with Gasteiger partial charge in [-0.1, -0.05) is 0 Å². The van der Waals surface area contributed by atoms with Gasteiger partial charge in [-0.25, -0.2) is 4.79 Å². The summed E-state index contributed by atoms with van der Waals surface area (Å²) in [4.78, 5) is 13.3. The Hall–Kier alpha value is -1.95. The van der Waals surface area contributed by atoms with Crippen LogP contribution in [0.15, 0.2) is 18.2 Å². The van der Waals surface area contributed by atoms with Crippen molar-refractivity contribution in [3.63, 3.8) is 0 Å². The molecule has 1 aromatic carbocycles. The standard InChI is InChI=1S/C13H15NO5/c15-4-3-10-8-14(13(16)19-10)9-1-2-11-12(7-9)18-6-5-17-11/h1-2,7,10,15H,3-6,8H2/t10-/m1/s1. The molecule has 0 bridgehead atoms. The predicted octanol–water partition coefficient (Wildman–Crippen LogP) is 1.17. The van der Waals surface area contributed by atoms with Gasteiger partial charge in [-0.3, -0.25) is 4.90 Å². The maximum Gasteiger partial charge on any atom is 0.414 e. The Morgan fingerprint density at radius 1 is 1.26 bits per heavy atom. The van der Waals surface area contributed by atoms with Crippen LogP contribution in [0.25, 0.3) is 0 Å². The van der Waals surface area contributed by atoms with Crippen LogP contribution >= 0.6 is 0 Å². The molecule has 0 aromatic heterocycles. The van der Waals surface area contributed by atoms with Crippen LogP contribution in [-0.4, -0.2) is 43.7 Å². The first-order valence-corrected chi connectivity index (χ1v) is 6.26. The zero-order valence-corrected chi connectivity index (χ0v) is 10.4. The molecular weight excluding hydrogens is 250 g/mol. The third kappa shape index (κ3) is 2.31. The van der Waals surface area contributed by atoms with Crippen molar-refractivity contribution in [2.24, 2.45) is 0 Å². The number of hydrogen-bond acceptors (Lipinski definition) is 5. The molecule has 1 N–H and O–H groups in total. The lowest BCUT2D eigenvalue weighted by Crippen LogP contribution is -2.25. The number of rotatable bonds is 3. The van der Waals surface area contributed by atoms with Gasteiger partial charge in [-0.05, 0) is 12.1 Å². The summed E-state index contributed by atoms with van der Waals surface area (Å²) in [6.45, 7) is 1.50. The summed E-state index contributed by atoms with van der Waals surface area (Å²) < 4.78 is 16.1. The average Bonchev–Trinajstić information content (AvgIpc) is 2.79. The number of amides is 1. The molecule has 19 heavy (non-hydrogen) atoms. The van der Waals surface area contributed by atoms with Crippen molar-refractivity contribution in [1.82, 2.24) is 0 Å². The van der Waals surface area contributed by atoms with E-state index in [9.17, 15) is 4.79 Å². The van der Waals surface area contributed by atoms with Crippen molar-refractivity contribution in [2.45, 2.75) is 12.5 Å². The van der Waals surface area contributed by atoms with Gasteiger partial charge in [-0.2, -0.15) is 0 Å². The summed E-state index contributed by atoms with van der Waals surface area (Å²) in [6.07, 6.45) is -0.201. The van der Waals surface area contributed by atoms with Gasteiger partial charge >= 0.3 is 6.09 Å². The van der Waals surface area contributed by atoms with E-state index in [4.69, 9.17) is 19.3 Å². The van der Waals surface area contributed by atoms with Crippen LogP contribution in [0.1, 0.15) is 6.42 Å². The van der Waals surface area contributed by atoms with Crippen molar-refractivity contribution >= 4 is 11.8 Å². The van der Waals surface area contributed by atoms with Crippen LogP contribution in [0.3, 0.4) is 0 Å². The minimum atomic E-state index is -0.393. The highest BCUT2D eigenvalue weighted by molar-refractivity contribution is 5.90. The second kappa shape index (κ2) is 4.97. The molecule has 1 amide bonds. The Bertz CT molecular complexity index is 490. The SMILES string of the molecule is O=C1O[C@H](CCO)CN1c1ccc2c(c1)OCCO2. The Labute approximate surface area is 110 Å². The molecule has 2 heterocycles. The van der Waals surface area contributed by atoms with Crippen molar-refractivity contribution in [3.8, 4) is 11.5 Å². The van der Waals surface area contributed by atoms with Gasteiger partial charge in [0, 0.05) is 19.1 Å². The molecule has 1 atom stereocenters. The Balaban J connectivity index is 1.80. The summed E-state index contributed by atoms with van der Waals surface area (Å²) in [5.74, 6) is 1.33. The minimum Gasteiger partial charge on any atom is -0.486 e. The molecule has 6 heteroatoms. The fourth-order valence-corrected chi connectivity index (χ4v) is 2.23. The first-order chi connectivity index (χ1) is 9.28. The van der Waals surface area contributed by atoms with Crippen molar-refractivity contribution in [2.75, 3.05) is 31.3 Å². The summed E-state index contributed by atoms with van der Waals surface area (Å²) in [7, 11) is 0. The zero-order valence-electron chi connectivity index (χ0n) is 10.4. The molecular formula is C13H15NO5. The van der Waals surface area contributed by atoms with E-state index >= 15 is 0 Å². The number of fused-ring (bicyclic) bond motifs is 1. The van der Waals surface area contributed by atoms with Gasteiger partial charge in [0.25, 0.3) is 0 Å². The van der Waals surface area contributed by atoms with E-state index in [2.05, 4.69) is 0 Å². The first kappa shape index (κ1) is 12.1. The van der Waals surface area contributed by atoms with Gasteiger partial charge in [-0.15, -0.1) is 0 Å². The molecule has 3 rings (SSSR count).